The number of aryl methyl sites for hydroxylation is 1. The van der Waals surface area contributed by atoms with Gasteiger partial charge in [0.1, 0.15) is 0 Å². The summed E-state index contributed by atoms with van der Waals surface area (Å²) in [5.41, 5.74) is 4.57. The number of rotatable bonds is 2. The Bertz CT molecular complexity index is 1030. The number of benzene rings is 2. The Morgan fingerprint density at radius 3 is 2.50 bits per heavy atom. The second kappa shape index (κ2) is 10.9. The van der Waals surface area contributed by atoms with E-state index in [0.717, 1.165) is 50.3 Å². The van der Waals surface area contributed by atoms with E-state index >= 15 is 0 Å². The maximum Gasteiger partial charge on any atom is 0.321 e. The van der Waals surface area contributed by atoms with Gasteiger partial charge < -0.3 is 10.2 Å². The van der Waals surface area contributed by atoms with Gasteiger partial charge in [-0.1, -0.05) is 41.7 Å². The van der Waals surface area contributed by atoms with Crippen LogP contribution in [0.4, 0.5) is 10.5 Å². The number of hydrogen-bond donors (Lipinski definition) is 1. The van der Waals surface area contributed by atoms with Crippen LogP contribution in [-0.4, -0.2) is 59.6 Å². The zero-order chi connectivity index (χ0) is 23.3. The van der Waals surface area contributed by atoms with Crippen molar-refractivity contribution in [3.63, 3.8) is 0 Å². The highest BCUT2D eigenvalue weighted by atomic mass is 32.2. The predicted molar refractivity (Wildman–Crippen MR) is 142 cm³/mol. The fourth-order valence-electron chi connectivity index (χ4n) is 5.47. The van der Waals surface area contributed by atoms with E-state index < -0.39 is 0 Å². The third kappa shape index (κ3) is 5.62. The normalized spacial score (nSPS) is 23.5. The Balaban J connectivity index is 1.25. The maximum absolute atomic E-state index is 13.1. The Hall–Kier alpha value is -2.42. The molecule has 178 valence electrons. The van der Waals surface area contributed by atoms with Gasteiger partial charge in [-0.2, -0.15) is 11.8 Å². The average Bonchev–Trinajstić information content (AvgIpc) is 3.14. The molecule has 0 radical (unpaired) electrons. The summed E-state index contributed by atoms with van der Waals surface area (Å²) in [6.07, 6.45) is 4.63. The van der Waals surface area contributed by atoms with Crippen LogP contribution < -0.4 is 5.32 Å². The van der Waals surface area contributed by atoms with Gasteiger partial charge in [-0.3, -0.25) is 4.90 Å². The van der Waals surface area contributed by atoms with Gasteiger partial charge in [0.05, 0.1) is 0 Å². The number of fused-ring (bicyclic) bond motifs is 1. The van der Waals surface area contributed by atoms with Crippen molar-refractivity contribution in [2.45, 2.75) is 44.6 Å². The van der Waals surface area contributed by atoms with E-state index in [2.05, 4.69) is 53.2 Å². The minimum Gasteiger partial charge on any atom is -0.323 e. The largest absolute Gasteiger partial charge is 0.323 e. The Kier molecular flexibility index (Phi) is 7.47. The molecule has 0 unspecified atom stereocenters. The number of anilines is 1. The molecule has 4 nitrogen and oxygen atoms in total. The molecule has 3 aliphatic heterocycles. The molecule has 5 heteroatoms. The summed E-state index contributed by atoms with van der Waals surface area (Å²) in [7, 11) is 0. The number of nitrogens with zero attached hydrogens (tertiary/aromatic N) is 2. The van der Waals surface area contributed by atoms with Crippen LogP contribution in [0.1, 0.15) is 48.3 Å². The Labute approximate surface area is 208 Å². The van der Waals surface area contributed by atoms with Gasteiger partial charge in [-0.15, -0.1) is 0 Å². The SMILES string of the molecule is Cc1ccc(NC(=O)N2CCCN3CC[C@H](c4ccc(C#CC5CCSCC5)cc4)[C@@H]3C2)cc1. The van der Waals surface area contributed by atoms with Crippen molar-refractivity contribution in [3.8, 4) is 11.8 Å². The molecular formula is C29H35N3OS. The lowest BCUT2D eigenvalue weighted by atomic mass is 9.90. The molecule has 0 spiro atoms. The molecule has 3 heterocycles. The van der Waals surface area contributed by atoms with Gasteiger partial charge in [0, 0.05) is 48.8 Å². The lowest BCUT2D eigenvalue weighted by Crippen LogP contribution is -2.43. The van der Waals surface area contributed by atoms with E-state index in [0.29, 0.717) is 17.9 Å². The van der Waals surface area contributed by atoms with Crippen molar-refractivity contribution in [1.29, 1.82) is 0 Å². The van der Waals surface area contributed by atoms with Crippen LogP contribution >= 0.6 is 11.8 Å². The molecule has 3 aliphatic rings. The van der Waals surface area contributed by atoms with E-state index in [1.807, 2.05) is 40.9 Å². The lowest BCUT2D eigenvalue weighted by molar-refractivity contribution is 0.197. The van der Waals surface area contributed by atoms with Crippen molar-refractivity contribution in [2.75, 3.05) is 43.0 Å². The second-order valence-electron chi connectivity index (χ2n) is 9.87. The van der Waals surface area contributed by atoms with Crippen molar-refractivity contribution in [3.05, 3.63) is 65.2 Å². The molecule has 5 rings (SSSR count). The summed E-state index contributed by atoms with van der Waals surface area (Å²) in [6.45, 7) is 5.84. The molecule has 2 aromatic carbocycles. The van der Waals surface area contributed by atoms with Crippen molar-refractivity contribution < 1.29 is 4.79 Å². The third-order valence-corrected chi connectivity index (χ3v) is 8.56. The highest BCUT2D eigenvalue weighted by Crippen LogP contribution is 2.35. The number of nitrogens with one attached hydrogen (secondary N) is 1. The molecular weight excluding hydrogens is 438 g/mol. The number of hydrogen-bond acceptors (Lipinski definition) is 3. The fourth-order valence-corrected chi connectivity index (χ4v) is 6.58. The van der Waals surface area contributed by atoms with Crippen LogP contribution in [0, 0.1) is 24.7 Å². The number of amides is 2. The van der Waals surface area contributed by atoms with Crippen LogP contribution in [0.3, 0.4) is 0 Å². The molecule has 2 aromatic rings. The minimum atomic E-state index is 0.0167. The van der Waals surface area contributed by atoms with E-state index in [1.165, 1.54) is 35.5 Å². The van der Waals surface area contributed by atoms with Gasteiger partial charge in [0.25, 0.3) is 0 Å². The number of urea groups is 1. The molecule has 3 saturated heterocycles. The zero-order valence-electron chi connectivity index (χ0n) is 20.1. The summed E-state index contributed by atoms with van der Waals surface area (Å²) in [5.74, 6) is 10.4. The highest BCUT2D eigenvalue weighted by molar-refractivity contribution is 7.99. The summed E-state index contributed by atoms with van der Waals surface area (Å²) >= 11 is 2.05. The van der Waals surface area contributed by atoms with E-state index in [9.17, 15) is 4.79 Å². The van der Waals surface area contributed by atoms with Crippen LogP contribution in [0.2, 0.25) is 0 Å². The standard InChI is InChI=1S/C29H35N3OS/c1-22-3-11-26(12-4-22)30-29(33)32-17-2-16-31-18-13-27(28(31)21-32)25-9-7-23(8-10-25)5-6-24-14-19-34-20-15-24/h3-4,7-12,24,27-28H,2,13-21H2,1H3,(H,30,33)/t27-,28+/m1/s1. The van der Waals surface area contributed by atoms with Crippen molar-refractivity contribution in [1.82, 2.24) is 9.80 Å². The Morgan fingerprint density at radius 1 is 0.971 bits per heavy atom. The Morgan fingerprint density at radius 2 is 1.74 bits per heavy atom. The number of thioether (sulfide) groups is 1. The lowest BCUT2D eigenvalue weighted by Gasteiger charge is -2.30. The first-order valence-electron chi connectivity index (χ1n) is 12.7. The molecule has 2 amide bonds. The smallest absolute Gasteiger partial charge is 0.321 e. The summed E-state index contributed by atoms with van der Waals surface area (Å²) in [6, 6.07) is 17.4. The molecule has 0 bridgehead atoms. The van der Waals surface area contributed by atoms with Crippen molar-refractivity contribution >= 4 is 23.5 Å². The molecule has 0 aliphatic carbocycles. The molecule has 34 heavy (non-hydrogen) atoms. The van der Waals surface area contributed by atoms with E-state index in [-0.39, 0.29) is 6.03 Å². The molecule has 0 aromatic heterocycles. The minimum absolute atomic E-state index is 0.0167. The summed E-state index contributed by atoms with van der Waals surface area (Å²) < 4.78 is 0. The highest BCUT2D eigenvalue weighted by Gasteiger charge is 2.38. The van der Waals surface area contributed by atoms with Gasteiger partial charge in [0.2, 0.25) is 0 Å². The average molecular weight is 474 g/mol. The van der Waals surface area contributed by atoms with Crippen LogP contribution in [0.5, 0.6) is 0 Å². The van der Waals surface area contributed by atoms with Gasteiger partial charge in [0.15, 0.2) is 0 Å². The first kappa shape index (κ1) is 23.3. The van der Waals surface area contributed by atoms with Gasteiger partial charge in [-0.25, -0.2) is 4.79 Å². The van der Waals surface area contributed by atoms with Crippen LogP contribution in [0.15, 0.2) is 48.5 Å². The third-order valence-electron chi connectivity index (χ3n) is 7.51. The summed E-state index contributed by atoms with van der Waals surface area (Å²) in [5, 5.41) is 3.10. The zero-order valence-corrected chi connectivity index (χ0v) is 20.9. The van der Waals surface area contributed by atoms with Gasteiger partial charge >= 0.3 is 6.03 Å². The van der Waals surface area contributed by atoms with Crippen LogP contribution in [-0.2, 0) is 0 Å². The molecule has 1 N–H and O–H groups in total. The maximum atomic E-state index is 13.1. The van der Waals surface area contributed by atoms with Gasteiger partial charge in [-0.05, 0) is 80.5 Å². The number of carbonyl (C=O) groups is 1. The van der Waals surface area contributed by atoms with Crippen LogP contribution in [0.25, 0.3) is 0 Å². The summed E-state index contributed by atoms with van der Waals surface area (Å²) in [4.78, 5) is 17.7. The fraction of sp³-hybridized carbons (Fsp3) is 0.483. The van der Waals surface area contributed by atoms with Crippen molar-refractivity contribution in [2.24, 2.45) is 5.92 Å². The predicted octanol–water partition coefficient (Wildman–Crippen LogP) is 5.59. The first-order valence-corrected chi connectivity index (χ1v) is 13.9. The number of carbonyl (C=O) groups excluding carboxylic acids is 1. The monoisotopic (exact) mass is 473 g/mol. The topological polar surface area (TPSA) is 35.6 Å². The first-order chi connectivity index (χ1) is 16.7. The molecule has 3 fully saturated rings. The van der Waals surface area contributed by atoms with E-state index in [1.54, 1.807) is 0 Å². The molecule has 0 saturated carbocycles. The molecule has 2 atom stereocenters. The van der Waals surface area contributed by atoms with E-state index in [4.69, 9.17) is 0 Å². The second-order valence-corrected chi connectivity index (χ2v) is 11.1. The quantitative estimate of drug-likeness (QED) is 0.578.